The molecule has 1 unspecified atom stereocenters. The molecule has 1 aliphatic heterocycles. The molecule has 0 saturated heterocycles. The molecular formula is C24H26FN3O7. The highest BCUT2D eigenvalue weighted by Gasteiger charge is 2.25. The lowest BCUT2D eigenvalue weighted by atomic mass is 9.98. The minimum atomic E-state index is -1.00. The van der Waals surface area contributed by atoms with Crippen LogP contribution in [0.25, 0.3) is 0 Å². The molecule has 2 N–H and O–H groups in total. The molecule has 3 rings (SSSR count). The van der Waals surface area contributed by atoms with Crippen molar-refractivity contribution >= 4 is 24.2 Å². The van der Waals surface area contributed by atoms with Crippen molar-refractivity contribution in [1.82, 2.24) is 9.96 Å². The molecule has 1 heterocycles. The lowest BCUT2D eigenvalue weighted by Crippen LogP contribution is -2.41. The van der Waals surface area contributed by atoms with Crippen molar-refractivity contribution < 1.29 is 37.9 Å². The number of hydroxylamine groups is 2. The lowest BCUT2D eigenvalue weighted by Gasteiger charge is -2.29. The highest BCUT2D eigenvalue weighted by molar-refractivity contribution is 5.97. The van der Waals surface area contributed by atoms with E-state index >= 15 is 0 Å². The Morgan fingerprint density at radius 3 is 2.63 bits per heavy atom. The predicted octanol–water partition coefficient (Wildman–Crippen LogP) is 1.85. The van der Waals surface area contributed by atoms with Crippen LogP contribution in [0.15, 0.2) is 42.5 Å². The fourth-order valence-electron chi connectivity index (χ4n) is 3.52. The number of methoxy groups -OCH3 is 1. The van der Waals surface area contributed by atoms with Crippen molar-refractivity contribution in [3.63, 3.8) is 0 Å². The summed E-state index contributed by atoms with van der Waals surface area (Å²) in [5.41, 5.74) is 7.45. The summed E-state index contributed by atoms with van der Waals surface area (Å²) in [6.45, 7) is 0.695. The number of primary amides is 1. The Balaban J connectivity index is 1.54. The molecule has 0 radical (unpaired) electrons. The van der Waals surface area contributed by atoms with E-state index in [1.54, 1.807) is 35.2 Å². The number of ether oxygens (including phenoxy) is 2. The number of rotatable bonds is 10. The molecule has 1 atom stereocenters. The predicted molar refractivity (Wildman–Crippen MR) is 121 cm³/mol. The molecule has 35 heavy (non-hydrogen) atoms. The first-order valence-electron chi connectivity index (χ1n) is 10.9. The number of benzene rings is 2. The second-order valence-corrected chi connectivity index (χ2v) is 7.79. The summed E-state index contributed by atoms with van der Waals surface area (Å²) in [7, 11) is 1.27. The Hall–Kier alpha value is -3.99. The maximum Gasteiger partial charge on any atom is 0.348 e. The first kappa shape index (κ1) is 25.6. The molecule has 1 aliphatic rings. The van der Waals surface area contributed by atoms with E-state index in [9.17, 15) is 23.6 Å². The standard InChI is InChI=1S/C24H26FN3O7/c1-33-20(15-29)13-22(30)35-28(24(26)32)10-11-34-19-6-7-21-17(12-19)8-9-27(23(21)31)14-16-2-4-18(25)5-3-16/h2-7,12,15,20H,8-11,13-14H2,1H3,(H2,26,32). The molecule has 186 valence electrons. The molecule has 10 nitrogen and oxygen atoms in total. The lowest BCUT2D eigenvalue weighted by molar-refractivity contribution is -0.180. The number of amides is 3. The molecule has 3 amide bonds. The summed E-state index contributed by atoms with van der Waals surface area (Å²) in [6.07, 6.45) is -0.302. The Morgan fingerprint density at radius 2 is 1.97 bits per heavy atom. The summed E-state index contributed by atoms with van der Waals surface area (Å²) in [4.78, 5) is 53.6. The van der Waals surface area contributed by atoms with Gasteiger partial charge in [0.2, 0.25) is 0 Å². The molecule has 11 heteroatoms. The van der Waals surface area contributed by atoms with E-state index in [0.717, 1.165) is 11.1 Å². The first-order chi connectivity index (χ1) is 16.8. The normalized spacial score (nSPS) is 13.5. The number of fused-ring (bicyclic) bond motifs is 1. The van der Waals surface area contributed by atoms with Gasteiger partial charge in [-0.1, -0.05) is 12.1 Å². The van der Waals surface area contributed by atoms with Crippen LogP contribution in [-0.2, 0) is 32.1 Å². The minimum Gasteiger partial charge on any atom is -0.492 e. The van der Waals surface area contributed by atoms with Crippen LogP contribution >= 0.6 is 0 Å². The van der Waals surface area contributed by atoms with Crippen LogP contribution in [0.1, 0.15) is 27.9 Å². The van der Waals surface area contributed by atoms with E-state index in [-0.39, 0.29) is 31.3 Å². The molecule has 0 aliphatic carbocycles. The monoisotopic (exact) mass is 487 g/mol. The molecule has 0 spiro atoms. The zero-order chi connectivity index (χ0) is 25.4. The van der Waals surface area contributed by atoms with E-state index in [1.807, 2.05) is 0 Å². The Kier molecular flexibility index (Phi) is 8.74. The van der Waals surface area contributed by atoms with Crippen molar-refractivity contribution in [2.24, 2.45) is 5.73 Å². The SMILES string of the molecule is COC(C=O)CC(=O)ON(CCOc1ccc2c(c1)CCN(Cc1ccc(F)cc1)C2=O)C(N)=O. The fraction of sp³-hybridized carbons (Fsp3) is 0.333. The molecular weight excluding hydrogens is 461 g/mol. The van der Waals surface area contributed by atoms with E-state index in [4.69, 9.17) is 20.0 Å². The zero-order valence-corrected chi connectivity index (χ0v) is 19.1. The van der Waals surface area contributed by atoms with Gasteiger partial charge in [-0.3, -0.25) is 4.79 Å². The second-order valence-electron chi connectivity index (χ2n) is 7.79. The van der Waals surface area contributed by atoms with Gasteiger partial charge < -0.3 is 29.7 Å². The highest BCUT2D eigenvalue weighted by Crippen LogP contribution is 2.25. The number of urea groups is 1. The summed E-state index contributed by atoms with van der Waals surface area (Å²) in [5.74, 6) is -0.843. The molecule has 0 bridgehead atoms. The summed E-state index contributed by atoms with van der Waals surface area (Å²) < 4.78 is 23.5. The Morgan fingerprint density at radius 1 is 1.23 bits per heavy atom. The van der Waals surface area contributed by atoms with Gasteiger partial charge in [0.1, 0.15) is 30.6 Å². The van der Waals surface area contributed by atoms with Crippen LogP contribution in [0, 0.1) is 5.82 Å². The largest absolute Gasteiger partial charge is 0.492 e. The quantitative estimate of drug-likeness (QED) is 0.400. The molecule has 2 aromatic rings. The third kappa shape index (κ3) is 7.00. The summed E-state index contributed by atoms with van der Waals surface area (Å²) in [6, 6.07) is 10.1. The molecule has 0 saturated carbocycles. The summed E-state index contributed by atoms with van der Waals surface area (Å²) >= 11 is 0. The van der Waals surface area contributed by atoms with Crippen LogP contribution in [0.3, 0.4) is 0 Å². The Labute approximate surface area is 201 Å². The molecule has 0 aromatic heterocycles. The average molecular weight is 487 g/mol. The smallest absolute Gasteiger partial charge is 0.348 e. The Bertz CT molecular complexity index is 1080. The van der Waals surface area contributed by atoms with Crippen molar-refractivity contribution in [3.8, 4) is 5.75 Å². The summed E-state index contributed by atoms with van der Waals surface area (Å²) in [5, 5.41) is 0.634. The fourth-order valence-corrected chi connectivity index (χ4v) is 3.52. The van der Waals surface area contributed by atoms with Gasteiger partial charge in [0, 0.05) is 25.8 Å². The maximum absolute atomic E-state index is 13.1. The zero-order valence-electron chi connectivity index (χ0n) is 19.1. The van der Waals surface area contributed by atoms with Crippen LogP contribution in [0.4, 0.5) is 9.18 Å². The first-order valence-corrected chi connectivity index (χ1v) is 10.9. The van der Waals surface area contributed by atoms with E-state index < -0.39 is 18.1 Å². The topological polar surface area (TPSA) is 128 Å². The number of halogens is 1. The van der Waals surface area contributed by atoms with E-state index in [1.165, 1.54) is 19.2 Å². The third-order valence-electron chi connectivity index (χ3n) is 5.38. The van der Waals surface area contributed by atoms with Crippen LogP contribution < -0.4 is 10.5 Å². The van der Waals surface area contributed by atoms with Crippen LogP contribution in [0.5, 0.6) is 5.75 Å². The minimum absolute atomic E-state index is 0.0406. The molecule has 0 fully saturated rings. The van der Waals surface area contributed by atoms with Gasteiger partial charge >= 0.3 is 12.0 Å². The van der Waals surface area contributed by atoms with Gasteiger partial charge in [-0.05, 0) is 47.9 Å². The van der Waals surface area contributed by atoms with Gasteiger partial charge in [-0.15, -0.1) is 0 Å². The van der Waals surface area contributed by atoms with Gasteiger partial charge in [-0.2, -0.15) is 5.06 Å². The van der Waals surface area contributed by atoms with Gasteiger partial charge in [0.15, 0.2) is 0 Å². The maximum atomic E-state index is 13.1. The number of carbonyl (C=O) groups is 4. The number of nitrogens with two attached hydrogens (primary N) is 1. The number of hydrogen-bond donors (Lipinski definition) is 1. The number of hydrogen-bond acceptors (Lipinski definition) is 7. The van der Waals surface area contributed by atoms with Gasteiger partial charge in [-0.25, -0.2) is 14.0 Å². The average Bonchev–Trinajstić information content (AvgIpc) is 2.84. The van der Waals surface area contributed by atoms with Crippen molar-refractivity contribution in [1.29, 1.82) is 0 Å². The van der Waals surface area contributed by atoms with Gasteiger partial charge in [0.05, 0.1) is 13.0 Å². The van der Waals surface area contributed by atoms with E-state index in [0.29, 0.717) is 42.2 Å². The third-order valence-corrected chi connectivity index (χ3v) is 5.38. The second kappa shape index (κ2) is 11.9. The van der Waals surface area contributed by atoms with Crippen molar-refractivity contribution in [3.05, 3.63) is 65.0 Å². The van der Waals surface area contributed by atoms with Crippen molar-refractivity contribution in [2.75, 3.05) is 26.8 Å². The van der Waals surface area contributed by atoms with Crippen LogP contribution in [-0.4, -0.2) is 67.1 Å². The number of aldehydes is 1. The van der Waals surface area contributed by atoms with Crippen LogP contribution in [0.2, 0.25) is 0 Å². The van der Waals surface area contributed by atoms with E-state index in [2.05, 4.69) is 0 Å². The number of nitrogens with zero attached hydrogens (tertiary/aromatic N) is 2. The highest BCUT2D eigenvalue weighted by atomic mass is 19.1. The molecule has 2 aromatic carbocycles. The van der Waals surface area contributed by atoms with Crippen molar-refractivity contribution in [2.45, 2.75) is 25.5 Å². The number of carbonyl (C=O) groups excluding carboxylic acids is 4. The van der Waals surface area contributed by atoms with Gasteiger partial charge in [0.25, 0.3) is 5.91 Å².